The molecule has 1 aromatic carbocycles. The fourth-order valence-electron chi connectivity index (χ4n) is 2.81. The van der Waals surface area contributed by atoms with Crippen molar-refractivity contribution in [2.45, 2.75) is 38.0 Å². The fraction of sp³-hybridized carbons (Fsp3) is 0.462. The number of rotatable bonds is 1. The van der Waals surface area contributed by atoms with Gasteiger partial charge in [0.1, 0.15) is 0 Å². The van der Waals surface area contributed by atoms with Gasteiger partial charge in [-0.25, -0.2) is 0 Å². The largest absolute Gasteiger partial charge is 0.398 e. The highest BCUT2D eigenvalue weighted by Crippen LogP contribution is 2.36. The van der Waals surface area contributed by atoms with Crippen LogP contribution in [0, 0.1) is 0 Å². The molecular formula is C13H17N3. The van der Waals surface area contributed by atoms with Gasteiger partial charge in [0.05, 0.1) is 5.52 Å². The molecule has 1 fully saturated rings. The van der Waals surface area contributed by atoms with Crippen LogP contribution in [0.2, 0.25) is 0 Å². The molecule has 1 aliphatic rings. The molecule has 1 saturated carbocycles. The molecular weight excluding hydrogens is 198 g/mol. The summed E-state index contributed by atoms with van der Waals surface area (Å²) in [7, 11) is 0. The minimum atomic E-state index is 0.628. The van der Waals surface area contributed by atoms with Crippen molar-refractivity contribution in [2.75, 3.05) is 5.73 Å². The zero-order valence-electron chi connectivity index (χ0n) is 9.37. The van der Waals surface area contributed by atoms with Gasteiger partial charge in [-0.1, -0.05) is 25.3 Å². The summed E-state index contributed by atoms with van der Waals surface area (Å²) in [5, 5.41) is 8.69. The van der Waals surface area contributed by atoms with E-state index in [0.717, 1.165) is 16.6 Å². The van der Waals surface area contributed by atoms with Crippen LogP contribution in [0.25, 0.3) is 10.9 Å². The van der Waals surface area contributed by atoms with Gasteiger partial charge >= 0.3 is 0 Å². The Kier molecular flexibility index (Phi) is 2.31. The molecule has 0 aliphatic heterocycles. The Morgan fingerprint density at radius 1 is 1.19 bits per heavy atom. The van der Waals surface area contributed by atoms with Crippen LogP contribution in [-0.4, -0.2) is 10.2 Å². The molecule has 1 aromatic heterocycles. The fourth-order valence-corrected chi connectivity index (χ4v) is 2.81. The second-order valence-corrected chi connectivity index (χ2v) is 4.71. The molecule has 16 heavy (non-hydrogen) atoms. The third-order valence-electron chi connectivity index (χ3n) is 3.65. The Hall–Kier alpha value is -1.51. The molecule has 0 bridgehead atoms. The number of hydrogen-bond acceptors (Lipinski definition) is 2. The highest BCUT2D eigenvalue weighted by molar-refractivity contribution is 5.92. The zero-order valence-corrected chi connectivity index (χ0v) is 9.37. The van der Waals surface area contributed by atoms with E-state index in [1.165, 1.54) is 37.8 Å². The van der Waals surface area contributed by atoms with Crippen LogP contribution < -0.4 is 5.73 Å². The Bertz CT molecular complexity index is 495. The van der Waals surface area contributed by atoms with Crippen LogP contribution in [0.4, 0.5) is 5.69 Å². The van der Waals surface area contributed by atoms with E-state index < -0.39 is 0 Å². The zero-order chi connectivity index (χ0) is 11.0. The van der Waals surface area contributed by atoms with Crippen LogP contribution in [0.1, 0.15) is 43.7 Å². The monoisotopic (exact) mass is 215 g/mol. The molecule has 3 nitrogen and oxygen atoms in total. The summed E-state index contributed by atoms with van der Waals surface area (Å²) in [6, 6.07) is 5.95. The van der Waals surface area contributed by atoms with E-state index in [1.807, 2.05) is 18.2 Å². The first-order valence-corrected chi connectivity index (χ1v) is 6.09. The number of nitrogens with one attached hydrogen (secondary N) is 1. The van der Waals surface area contributed by atoms with E-state index in [0.29, 0.717) is 5.92 Å². The summed E-state index contributed by atoms with van der Waals surface area (Å²) >= 11 is 0. The molecule has 0 saturated heterocycles. The van der Waals surface area contributed by atoms with E-state index in [4.69, 9.17) is 5.73 Å². The van der Waals surface area contributed by atoms with Gasteiger partial charge in [-0.2, -0.15) is 5.10 Å². The van der Waals surface area contributed by atoms with Gasteiger partial charge in [-0.15, -0.1) is 0 Å². The van der Waals surface area contributed by atoms with Crippen molar-refractivity contribution in [1.82, 2.24) is 10.2 Å². The van der Waals surface area contributed by atoms with Crippen molar-refractivity contribution >= 4 is 16.6 Å². The average molecular weight is 215 g/mol. The number of nitrogens with zero attached hydrogens (tertiary/aromatic N) is 1. The molecule has 0 radical (unpaired) electrons. The summed E-state index contributed by atoms with van der Waals surface area (Å²) in [6.45, 7) is 0. The number of nitrogen functional groups attached to an aromatic ring is 1. The van der Waals surface area contributed by atoms with Gasteiger partial charge in [0.15, 0.2) is 0 Å². The maximum absolute atomic E-state index is 6.05. The van der Waals surface area contributed by atoms with Crippen molar-refractivity contribution < 1.29 is 0 Å². The number of anilines is 1. The highest BCUT2D eigenvalue weighted by Gasteiger charge is 2.20. The van der Waals surface area contributed by atoms with Gasteiger partial charge < -0.3 is 5.73 Å². The number of benzene rings is 1. The van der Waals surface area contributed by atoms with E-state index in [-0.39, 0.29) is 0 Å². The van der Waals surface area contributed by atoms with Crippen LogP contribution in [0.5, 0.6) is 0 Å². The summed E-state index contributed by atoms with van der Waals surface area (Å²) in [4.78, 5) is 0. The number of H-pyrrole nitrogens is 1. The minimum absolute atomic E-state index is 0.628. The van der Waals surface area contributed by atoms with Crippen LogP contribution in [0.3, 0.4) is 0 Å². The SMILES string of the molecule is Nc1cccc2n[nH]c(C3CCCCC3)c12. The summed E-state index contributed by atoms with van der Waals surface area (Å²) in [6.07, 6.45) is 6.57. The Morgan fingerprint density at radius 2 is 2.00 bits per heavy atom. The molecule has 0 unspecified atom stereocenters. The van der Waals surface area contributed by atoms with Gasteiger partial charge in [0.25, 0.3) is 0 Å². The number of nitrogens with two attached hydrogens (primary N) is 1. The van der Waals surface area contributed by atoms with Crippen molar-refractivity contribution in [3.05, 3.63) is 23.9 Å². The first kappa shape index (κ1) is 9.70. The molecule has 1 heterocycles. The molecule has 0 atom stereocenters. The first-order chi connectivity index (χ1) is 7.86. The topological polar surface area (TPSA) is 54.7 Å². The molecule has 2 aromatic rings. The minimum Gasteiger partial charge on any atom is -0.398 e. The van der Waals surface area contributed by atoms with E-state index in [1.54, 1.807) is 0 Å². The standard InChI is InChI=1S/C13H17N3/c14-10-7-4-8-11-12(10)13(16-15-11)9-5-2-1-3-6-9/h4,7-9H,1-3,5-6,14H2,(H,15,16). The second kappa shape index (κ2) is 3.81. The molecule has 0 amide bonds. The maximum Gasteiger partial charge on any atom is 0.0944 e. The van der Waals surface area contributed by atoms with Crippen LogP contribution in [-0.2, 0) is 0 Å². The summed E-state index contributed by atoms with van der Waals surface area (Å²) in [5.74, 6) is 0.628. The lowest BCUT2D eigenvalue weighted by Gasteiger charge is -2.20. The second-order valence-electron chi connectivity index (χ2n) is 4.71. The number of aromatic nitrogens is 2. The normalized spacial score (nSPS) is 18.0. The predicted octanol–water partition coefficient (Wildman–Crippen LogP) is 3.19. The average Bonchev–Trinajstić information content (AvgIpc) is 2.75. The molecule has 3 rings (SSSR count). The Labute approximate surface area is 95.0 Å². The lowest BCUT2D eigenvalue weighted by Crippen LogP contribution is -2.05. The van der Waals surface area contributed by atoms with Crippen LogP contribution in [0.15, 0.2) is 18.2 Å². The molecule has 3 N–H and O–H groups in total. The van der Waals surface area contributed by atoms with Gasteiger partial charge in [-0.3, -0.25) is 5.10 Å². The van der Waals surface area contributed by atoms with Gasteiger partial charge in [0.2, 0.25) is 0 Å². The Balaban J connectivity index is 2.09. The van der Waals surface area contributed by atoms with Gasteiger partial charge in [0, 0.05) is 22.7 Å². The van der Waals surface area contributed by atoms with E-state index in [2.05, 4.69) is 10.2 Å². The number of hydrogen-bond donors (Lipinski definition) is 2. The summed E-state index contributed by atoms with van der Waals surface area (Å²) in [5.41, 5.74) is 9.16. The lowest BCUT2D eigenvalue weighted by atomic mass is 9.85. The smallest absolute Gasteiger partial charge is 0.0944 e. The Morgan fingerprint density at radius 3 is 2.81 bits per heavy atom. The van der Waals surface area contributed by atoms with Crippen molar-refractivity contribution in [2.24, 2.45) is 0 Å². The van der Waals surface area contributed by atoms with Crippen molar-refractivity contribution in [3.63, 3.8) is 0 Å². The van der Waals surface area contributed by atoms with Crippen LogP contribution >= 0.6 is 0 Å². The van der Waals surface area contributed by atoms with E-state index >= 15 is 0 Å². The summed E-state index contributed by atoms with van der Waals surface area (Å²) < 4.78 is 0. The lowest BCUT2D eigenvalue weighted by molar-refractivity contribution is 0.438. The third-order valence-corrected chi connectivity index (χ3v) is 3.65. The number of aromatic amines is 1. The molecule has 1 aliphatic carbocycles. The molecule has 3 heteroatoms. The molecule has 84 valence electrons. The third kappa shape index (κ3) is 1.47. The predicted molar refractivity (Wildman–Crippen MR) is 66.3 cm³/mol. The van der Waals surface area contributed by atoms with Crippen molar-refractivity contribution in [1.29, 1.82) is 0 Å². The first-order valence-electron chi connectivity index (χ1n) is 6.09. The quantitative estimate of drug-likeness (QED) is 0.718. The highest BCUT2D eigenvalue weighted by atomic mass is 15.1. The van der Waals surface area contributed by atoms with Gasteiger partial charge in [-0.05, 0) is 25.0 Å². The number of fused-ring (bicyclic) bond motifs is 1. The maximum atomic E-state index is 6.05. The molecule has 0 spiro atoms. The van der Waals surface area contributed by atoms with E-state index in [9.17, 15) is 0 Å². The van der Waals surface area contributed by atoms with Crippen molar-refractivity contribution in [3.8, 4) is 0 Å².